The van der Waals surface area contributed by atoms with Crippen molar-refractivity contribution in [2.45, 2.75) is 31.1 Å². The summed E-state index contributed by atoms with van der Waals surface area (Å²) in [7, 11) is 0. The number of nitrogens with two attached hydrogens (primary N) is 1. The Morgan fingerprint density at radius 2 is 2.06 bits per heavy atom. The molecule has 1 aromatic carbocycles. The number of thioether (sulfide) groups is 1. The Hall–Kier alpha value is -0.670. The third kappa shape index (κ3) is 3.93. The van der Waals surface area contributed by atoms with Gasteiger partial charge in [-0.2, -0.15) is 0 Å². The fourth-order valence-electron chi connectivity index (χ4n) is 2.31. The molecule has 0 unspecified atom stereocenters. The second-order valence-electron chi connectivity index (χ2n) is 4.78. The van der Waals surface area contributed by atoms with Gasteiger partial charge in [-0.1, -0.05) is 0 Å². The van der Waals surface area contributed by atoms with Gasteiger partial charge in [0.05, 0.1) is 0 Å². The van der Waals surface area contributed by atoms with Gasteiger partial charge in [0.25, 0.3) is 0 Å². The summed E-state index contributed by atoms with van der Waals surface area (Å²) in [5.74, 6) is 1.21. The van der Waals surface area contributed by atoms with Gasteiger partial charge in [0, 0.05) is 10.6 Å². The number of aryl methyl sites for hydroxylation is 1. The molecule has 2 rings (SSSR count). The maximum absolute atomic E-state index is 5.75. The van der Waals surface area contributed by atoms with E-state index in [-0.39, 0.29) is 0 Å². The topological polar surface area (TPSA) is 29.3 Å². The summed E-state index contributed by atoms with van der Waals surface area (Å²) in [5.41, 5.74) is 7.92. The number of nitrogen functional groups attached to an aromatic ring is 1. The summed E-state index contributed by atoms with van der Waals surface area (Å²) >= 11 is 1.96. The molecule has 0 aromatic heterocycles. The molecule has 0 radical (unpaired) electrons. The van der Waals surface area contributed by atoms with Crippen LogP contribution in [-0.4, -0.2) is 30.3 Å². The molecule has 0 amide bonds. The van der Waals surface area contributed by atoms with E-state index < -0.39 is 0 Å². The third-order valence-electron chi connectivity index (χ3n) is 3.27. The summed E-state index contributed by atoms with van der Waals surface area (Å²) in [4.78, 5) is 3.96. The van der Waals surface area contributed by atoms with Crippen LogP contribution in [0.1, 0.15) is 24.8 Å². The van der Waals surface area contributed by atoms with Crippen LogP contribution in [0.3, 0.4) is 0 Å². The van der Waals surface area contributed by atoms with Crippen molar-refractivity contribution in [3.8, 4) is 0 Å². The van der Waals surface area contributed by atoms with Crippen LogP contribution in [-0.2, 0) is 0 Å². The molecule has 2 nitrogen and oxygen atoms in total. The van der Waals surface area contributed by atoms with Gasteiger partial charge in [-0.15, -0.1) is 11.8 Å². The molecule has 1 fully saturated rings. The van der Waals surface area contributed by atoms with Gasteiger partial charge in [0.1, 0.15) is 0 Å². The molecule has 2 N–H and O–H groups in total. The number of anilines is 1. The molecule has 1 heterocycles. The van der Waals surface area contributed by atoms with Crippen LogP contribution in [0, 0.1) is 6.92 Å². The molecule has 0 spiro atoms. The lowest BCUT2D eigenvalue weighted by atomic mass is 10.2. The predicted molar refractivity (Wildman–Crippen MR) is 76.6 cm³/mol. The third-order valence-corrected chi connectivity index (χ3v) is 4.54. The monoisotopic (exact) mass is 250 g/mol. The largest absolute Gasteiger partial charge is 0.399 e. The first-order chi connectivity index (χ1) is 8.25. The van der Waals surface area contributed by atoms with E-state index >= 15 is 0 Å². The van der Waals surface area contributed by atoms with Crippen molar-refractivity contribution in [1.82, 2.24) is 4.90 Å². The van der Waals surface area contributed by atoms with Gasteiger partial charge in [-0.3, -0.25) is 0 Å². The van der Waals surface area contributed by atoms with E-state index in [0.717, 1.165) is 5.69 Å². The van der Waals surface area contributed by atoms with Crippen LogP contribution in [0.5, 0.6) is 0 Å². The zero-order valence-electron chi connectivity index (χ0n) is 10.6. The van der Waals surface area contributed by atoms with E-state index in [4.69, 9.17) is 5.73 Å². The Balaban J connectivity index is 1.70. The quantitative estimate of drug-likeness (QED) is 0.494. The van der Waals surface area contributed by atoms with Gasteiger partial charge < -0.3 is 10.6 Å². The molecule has 0 aliphatic carbocycles. The lowest BCUT2D eigenvalue weighted by Crippen LogP contribution is -2.20. The first-order valence-electron chi connectivity index (χ1n) is 6.47. The van der Waals surface area contributed by atoms with E-state index in [1.165, 1.54) is 55.1 Å². The minimum atomic E-state index is 0.865. The number of benzene rings is 1. The Bertz CT molecular complexity index is 359. The number of nitrogens with zero attached hydrogens (tertiary/aromatic N) is 1. The second kappa shape index (κ2) is 6.31. The summed E-state index contributed by atoms with van der Waals surface area (Å²) in [5, 5.41) is 0. The molecule has 1 aromatic rings. The van der Waals surface area contributed by atoms with Crippen molar-refractivity contribution in [3.05, 3.63) is 23.8 Å². The zero-order chi connectivity index (χ0) is 12.1. The summed E-state index contributed by atoms with van der Waals surface area (Å²) in [6.45, 7) is 6.03. The van der Waals surface area contributed by atoms with Crippen LogP contribution in [0.4, 0.5) is 5.69 Å². The minimum Gasteiger partial charge on any atom is -0.399 e. The standard InChI is InChI=1S/C14H22N2S/c1-12-11-13(15)5-6-14(12)17-10-4-9-16-7-2-3-8-16/h5-6,11H,2-4,7-10,15H2,1H3. The lowest BCUT2D eigenvalue weighted by molar-refractivity contribution is 0.341. The fourth-order valence-corrected chi connectivity index (χ4v) is 3.26. The van der Waals surface area contributed by atoms with Gasteiger partial charge in [-0.05, 0) is 75.3 Å². The molecule has 3 heteroatoms. The van der Waals surface area contributed by atoms with E-state index in [1.54, 1.807) is 0 Å². The first-order valence-corrected chi connectivity index (χ1v) is 7.45. The van der Waals surface area contributed by atoms with Gasteiger partial charge >= 0.3 is 0 Å². The highest BCUT2D eigenvalue weighted by molar-refractivity contribution is 7.99. The number of hydrogen-bond donors (Lipinski definition) is 1. The minimum absolute atomic E-state index is 0.865. The highest BCUT2D eigenvalue weighted by atomic mass is 32.2. The first kappa shape index (κ1) is 12.8. The van der Waals surface area contributed by atoms with Crippen molar-refractivity contribution < 1.29 is 0 Å². The van der Waals surface area contributed by atoms with Gasteiger partial charge in [0.2, 0.25) is 0 Å². The molecule has 94 valence electrons. The molecule has 1 saturated heterocycles. The SMILES string of the molecule is Cc1cc(N)ccc1SCCCN1CCCC1. The average molecular weight is 250 g/mol. The molecular formula is C14H22N2S. The van der Waals surface area contributed by atoms with Gasteiger partial charge in [-0.25, -0.2) is 0 Å². The van der Waals surface area contributed by atoms with Crippen molar-refractivity contribution in [3.63, 3.8) is 0 Å². The highest BCUT2D eigenvalue weighted by Crippen LogP contribution is 2.24. The smallest absolute Gasteiger partial charge is 0.0317 e. The maximum atomic E-state index is 5.75. The van der Waals surface area contributed by atoms with Gasteiger partial charge in [0.15, 0.2) is 0 Å². The van der Waals surface area contributed by atoms with E-state index in [1.807, 2.05) is 17.8 Å². The molecule has 17 heavy (non-hydrogen) atoms. The average Bonchev–Trinajstić information content (AvgIpc) is 2.79. The molecule has 1 aliphatic heterocycles. The molecule has 0 bridgehead atoms. The van der Waals surface area contributed by atoms with Crippen molar-refractivity contribution in [2.24, 2.45) is 0 Å². The normalized spacial score (nSPS) is 16.5. The lowest BCUT2D eigenvalue weighted by Gasteiger charge is -2.14. The fraction of sp³-hybridized carbons (Fsp3) is 0.571. The summed E-state index contributed by atoms with van der Waals surface area (Å²) < 4.78 is 0. The van der Waals surface area contributed by atoms with Crippen LogP contribution >= 0.6 is 11.8 Å². The summed E-state index contributed by atoms with van der Waals surface area (Å²) in [6.07, 6.45) is 4.07. The maximum Gasteiger partial charge on any atom is 0.0317 e. The Labute approximate surface area is 109 Å². The number of rotatable bonds is 5. The predicted octanol–water partition coefficient (Wildman–Crippen LogP) is 3.16. The molecular weight excluding hydrogens is 228 g/mol. The summed E-state index contributed by atoms with van der Waals surface area (Å²) in [6, 6.07) is 6.20. The Morgan fingerprint density at radius 1 is 1.29 bits per heavy atom. The molecule has 0 atom stereocenters. The van der Waals surface area contributed by atoms with Crippen LogP contribution in [0.25, 0.3) is 0 Å². The Morgan fingerprint density at radius 3 is 2.76 bits per heavy atom. The highest BCUT2D eigenvalue weighted by Gasteiger charge is 2.10. The van der Waals surface area contributed by atoms with Crippen molar-refractivity contribution in [2.75, 3.05) is 31.1 Å². The van der Waals surface area contributed by atoms with E-state index in [9.17, 15) is 0 Å². The van der Waals surface area contributed by atoms with Crippen LogP contribution in [0.15, 0.2) is 23.1 Å². The zero-order valence-corrected chi connectivity index (χ0v) is 11.4. The number of likely N-dealkylation sites (tertiary alicyclic amines) is 1. The van der Waals surface area contributed by atoms with E-state index in [2.05, 4.69) is 24.0 Å². The molecule has 1 aliphatic rings. The van der Waals surface area contributed by atoms with E-state index in [0.29, 0.717) is 0 Å². The van der Waals surface area contributed by atoms with Crippen LogP contribution in [0.2, 0.25) is 0 Å². The van der Waals surface area contributed by atoms with Crippen molar-refractivity contribution >= 4 is 17.4 Å². The second-order valence-corrected chi connectivity index (χ2v) is 5.91. The number of hydrogen-bond acceptors (Lipinski definition) is 3. The molecule has 0 saturated carbocycles. The Kier molecular flexibility index (Phi) is 4.75. The van der Waals surface area contributed by atoms with Crippen LogP contribution < -0.4 is 5.73 Å². The van der Waals surface area contributed by atoms with Crippen molar-refractivity contribution in [1.29, 1.82) is 0 Å².